The molecule has 6 nitrogen and oxygen atoms in total. The average molecular weight is 396 g/mol. The summed E-state index contributed by atoms with van der Waals surface area (Å²) in [7, 11) is 1.63. The van der Waals surface area contributed by atoms with Gasteiger partial charge in [0.25, 0.3) is 0 Å². The fourth-order valence-corrected chi connectivity index (χ4v) is 3.39. The Morgan fingerprint density at radius 1 is 1.21 bits per heavy atom. The standard InChI is InChI=1S/C23H29N3O3/c1-5-29-20-11-10-15(12-21(20)28-4)17(13-26-22(27)23(2,3)24)18-14-25-19-9-7-6-8-16(18)19/h6-12,14,17,25H,5,13,24H2,1-4H3,(H,26,27). The minimum Gasteiger partial charge on any atom is -0.493 e. The molecule has 3 aromatic rings. The number of rotatable bonds is 8. The lowest BCUT2D eigenvalue weighted by molar-refractivity contribution is -0.125. The van der Waals surface area contributed by atoms with Crippen molar-refractivity contribution in [3.63, 3.8) is 0 Å². The molecule has 1 heterocycles. The van der Waals surface area contributed by atoms with Gasteiger partial charge < -0.3 is 25.5 Å². The number of benzene rings is 2. The van der Waals surface area contributed by atoms with Crippen LogP contribution in [-0.4, -0.2) is 36.7 Å². The van der Waals surface area contributed by atoms with Crippen molar-refractivity contribution in [1.82, 2.24) is 10.3 Å². The van der Waals surface area contributed by atoms with E-state index < -0.39 is 5.54 Å². The summed E-state index contributed by atoms with van der Waals surface area (Å²) < 4.78 is 11.2. The zero-order valence-corrected chi connectivity index (χ0v) is 17.4. The maximum Gasteiger partial charge on any atom is 0.239 e. The van der Waals surface area contributed by atoms with E-state index in [1.165, 1.54) is 0 Å². The van der Waals surface area contributed by atoms with Gasteiger partial charge in [0.1, 0.15) is 0 Å². The van der Waals surface area contributed by atoms with E-state index in [4.69, 9.17) is 15.2 Å². The lowest BCUT2D eigenvalue weighted by Gasteiger charge is -2.23. The minimum absolute atomic E-state index is 0.0815. The lowest BCUT2D eigenvalue weighted by atomic mass is 9.90. The zero-order chi connectivity index (χ0) is 21.0. The first kappa shape index (κ1) is 20.7. The first-order valence-corrected chi connectivity index (χ1v) is 9.79. The second-order valence-electron chi connectivity index (χ2n) is 7.62. The van der Waals surface area contributed by atoms with Crippen LogP contribution in [0.1, 0.15) is 37.8 Å². The molecule has 29 heavy (non-hydrogen) atoms. The van der Waals surface area contributed by atoms with E-state index in [1.807, 2.05) is 49.5 Å². The molecule has 3 rings (SSSR count). The topological polar surface area (TPSA) is 89.4 Å². The maximum atomic E-state index is 12.4. The second-order valence-corrected chi connectivity index (χ2v) is 7.62. The van der Waals surface area contributed by atoms with Crippen LogP contribution >= 0.6 is 0 Å². The average Bonchev–Trinajstić information content (AvgIpc) is 3.12. The molecule has 154 valence electrons. The summed E-state index contributed by atoms with van der Waals surface area (Å²) in [6.07, 6.45) is 2.00. The van der Waals surface area contributed by atoms with Crippen LogP contribution in [0.2, 0.25) is 0 Å². The summed E-state index contributed by atoms with van der Waals surface area (Å²) in [4.78, 5) is 15.7. The van der Waals surface area contributed by atoms with Crippen molar-refractivity contribution in [2.24, 2.45) is 5.73 Å². The van der Waals surface area contributed by atoms with Crippen molar-refractivity contribution in [1.29, 1.82) is 0 Å². The number of amides is 1. The Kier molecular flexibility index (Phi) is 6.13. The predicted octanol–water partition coefficient (Wildman–Crippen LogP) is 3.56. The molecule has 0 aliphatic carbocycles. The first-order valence-electron chi connectivity index (χ1n) is 9.79. The van der Waals surface area contributed by atoms with Gasteiger partial charge in [-0.2, -0.15) is 0 Å². The summed E-state index contributed by atoms with van der Waals surface area (Å²) in [5, 5.41) is 4.12. The van der Waals surface area contributed by atoms with Crippen LogP contribution in [0, 0.1) is 0 Å². The lowest BCUT2D eigenvalue weighted by Crippen LogP contribution is -2.50. The predicted molar refractivity (Wildman–Crippen MR) is 116 cm³/mol. The van der Waals surface area contributed by atoms with Crippen molar-refractivity contribution < 1.29 is 14.3 Å². The number of H-pyrrole nitrogens is 1. The summed E-state index contributed by atoms with van der Waals surface area (Å²) in [5.74, 6) is 1.09. The van der Waals surface area contributed by atoms with Crippen molar-refractivity contribution >= 4 is 16.8 Å². The SMILES string of the molecule is CCOc1ccc(C(CNC(=O)C(C)(C)N)c2c[nH]c3ccccc23)cc1OC. The number of carbonyl (C=O) groups excluding carboxylic acids is 1. The van der Waals surface area contributed by atoms with Crippen molar-refractivity contribution in [2.75, 3.05) is 20.3 Å². The van der Waals surface area contributed by atoms with E-state index in [2.05, 4.69) is 16.4 Å². The summed E-state index contributed by atoms with van der Waals surface area (Å²) >= 11 is 0. The van der Waals surface area contributed by atoms with Crippen LogP contribution in [0.5, 0.6) is 11.5 Å². The van der Waals surface area contributed by atoms with E-state index in [1.54, 1.807) is 21.0 Å². The van der Waals surface area contributed by atoms with Crippen molar-refractivity contribution in [3.8, 4) is 11.5 Å². The van der Waals surface area contributed by atoms with Crippen molar-refractivity contribution in [3.05, 3.63) is 59.8 Å². The first-order chi connectivity index (χ1) is 13.8. The molecule has 1 unspecified atom stereocenters. The van der Waals surface area contributed by atoms with Gasteiger partial charge in [-0.1, -0.05) is 24.3 Å². The molecule has 0 saturated heterocycles. The van der Waals surface area contributed by atoms with E-state index >= 15 is 0 Å². The Morgan fingerprint density at radius 3 is 2.66 bits per heavy atom. The van der Waals surface area contributed by atoms with Gasteiger partial charge in [-0.25, -0.2) is 0 Å². The third kappa shape index (κ3) is 4.54. The third-order valence-electron chi connectivity index (χ3n) is 4.94. The molecule has 0 radical (unpaired) electrons. The van der Waals surface area contributed by atoms with Gasteiger partial charge >= 0.3 is 0 Å². The van der Waals surface area contributed by atoms with Crippen LogP contribution < -0.4 is 20.5 Å². The number of nitrogens with two attached hydrogens (primary N) is 1. The van der Waals surface area contributed by atoms with Crippen LogP contribution in [0.4, 0.5) is 0 Å². The van der Waals surface area contributed by atoms with Crippen LogP contribution in [0.15, 0.2) is 48.7 Å². The molecule has 0 aliphatic heterocycles. The maximum absolute atomic E-state index is 12.4. The number of ether oxygens (including phenoxy) is 2. The van der Waals surface area contributed by atoms with Gasteiger partial charge in [-0.15, -0.1) is 0 Å². The molecule has 1 atom stereocenters. The number of methoxy groups -OCH3 is 1. The molecule has 0 saturated carbocycles. The number of nitrogens with one attached hydrogen (secondary N) is 2. The fraction of sp³-hybridized carbons (Fsp3) is 0.348. The third-order valence-corrected chi connectivity index (χ3v) is 4.94. The van der Waals surface area contributed by atoms with E-state index in [-0.39, 0.29) is 11.8 Å². The van der Waals surface area contributed by atoms with Gasteiger partial charge in [0.05, 0.1) is 19.3 Å². The van der Waals surface area contributed by atoms with E-state index in [0.29, 0.717) is 24.7 Å². The summed E-state index contributed by atoms with van der Waals surface area (Å²) in [5.41, 5.74) is 8.18. The molecule has 2 aromatic carbocycles. The molecule has 6 heteroatoms. The zero-order valence-electron chi connectivity index (χ0n) is 17.4. The van der Waals surface area contributed by atoms with Crippen LogP contribution in [0.3, 0.4) is 0 Å². The molecule has 0 bridgehead atoms. The van der Waals surface area contributed by atoms with Gasteiger partial charge in [-0.3, -0.25) is 4.79 Å². The highest BCUT2D eigenvalue weighted by molar-refractivity contribution is 5.86. The highest BCUT2D eigenvalue weighted by atomic mass is 16.5. The largest absolute Gasteiger partial charge is 0.493 e. The molecule has 0 aliphatic rings. The van der Waals surface area contributed by atoms with Crippen LogP contribution in [-0.2, 0) is 4.79 Å². The normalized spacial score (nSPS) is 12.6. The molecule has 1 amide bonds. The number of hydrogen-bond acceptors (Lipinski definition) is 4. The molecular formula is C23H29N3O3. The Hall–Kier alpha value is -2.99. The van der Waals surface area contributed by atoms with Gasteiger partial charge in [0, 0.05) is 29.6 Å². The molecule has 0 fully saturated rings. The van der Waals surface area contributed by atoms with Gasteiger partial charge in [0.15, 0.2) is 11.5 Å². The van der Waals surface area contributed by atoms with Crippen LogP contribution in [0.25, 0.3) is 10.9 Å². The Bertz CT molecular complexity index is 988. The number of para-hydroxylation sites is 1. The monoisotopic (exact) mass is 395 g/mol. The van der Waals surface area contributed by atoms with Gasteiger partial charge in [0.2, 0.25) is 5.91 Å². The number of hydrogen-bond donors (Lipinski definition) is 3. The summed E-state index contributed by atoms with van der Waals surface area (Å²) in [6.45, 7) is 6.31. The highest BCUT2D eigenvalue weighted by Crippen LogP contribution is 2.35. The van der Waals surface area contributed by atoms with E-state index in [9.17, 15) is 4.79 Å². The smallest absolute Gasteiger partial charge is 0.239 e. The van der Waals surface area contributed by atoms with E-state index in [0.717, 1.165) is 22.0 Å². The number of aromatic nitrogens is 1. The Labute approximate surface area is 171 Å². The Morgan fingerprint density at radius 2 is 1.97 bits per heavy atom. The quantitative estimate of drug-likeness (QED) is 0.544. The Balaban J connectivity index is 2.02. The second kappa shape index (κ2) is 8.57. The molecule has 1 aromatic heterocycles. The molecule has 0 spiro atoms. The minimum atomic E-state index is -0.943. The molecule has 4 N–H and O–H groups in total. The van der Waals surface area contributed by atoms with Gasteiger partial charge in [-0.05, 0) is 50.1 Å². The number of aromatic amines is 1. The number of carbonyl (C=O) groups is 1. The fourth-order valence-electron chi connectivity index (χ4n) is 3.39. The highest BCUT2D eigenvalue weighted by Gasteiger charge is 2.25. The number of fused-ring (bicyclic) bond motifs is 1. The van der Waals surface area contributed by atoms with Crippen molar-refractivity contribution in [2.45, 2.75) is 32.2 Å². The molecular weight excluding hydrogens is 366 g/mol. The summed E-state index contributed by atoms with van der Waals surface area (Å²) in [6, 6.07) is 14.0.